The predicted octanol–water partition coefficient (Wildman–Crippen LogP) is 1.20. The molecule has 0 heterocycles. The summed E-state index contributed by atoms with van der Waals surface area (Å²) in [6.07, 6.45) is 0. The van der Waals surface area contributed by atoms with Crippen LogP contribution in [0.4, 0.5) is 10.1 Å². The number of anilines is 1. The molecule has 0 saturated carbocycles. The number of nitriles is 1. The zero-order chi connectivity index (χ0) is 15.6. The lowest BCUT2D eigenvalue weighted by atomic mass is 10.2. The van der Waals surface area contributed by atoms with E-state index in [9.17, 15) is 21.2 Å². The van der Waals surface area contributed by atoms with Crippen LogP contribution in [0, 0.1) is 17.1 Å². The van der Waals surface area contributed by atoms with Crippen molar-refractivity contribution in [3.05, 3.63) is 29.6 Å². The van der Waals surface area contributed by atoms with E-state index in [4.69, 9.17) is 5.26 Å². The van der Waals surface area contributed by atoms with E-state index in [1.807, 2.05) is 0 Å². The van der Waals surface area contributed by atoms with Crippen LogP contribution in [0.3, 0.4) is 0 Å². The quantitative estimate of drug-likeness (QED) is 0.812. The first kappa shape index (κ1) is 16.4. The van der Waals surface area contributed by atoms with Crippen LogP contribution in [-0.4, -0.2) is 28.3 Å². The maximum Gasteiger partial charge on any atom is 0.248 e. The molecule has 1 aromatic carbocycles. The Morgan fingerprint density at radius 3 is 2.05 bits per heavy atom. The molecule has 110 valence electrons. The number of rotatable bonds is 5. The minimum atomic E-state index is -4.28. The van der Waals surface area contributed by atoms with Gasteiger partial charge in [0.15, 0.2) is 0 Å². The van der Waals surface area contributed by atoms with E-state index in [-0.39, 0.29) is 9.27 Å². The number of halogens is 1. The average Bonchev–Trinajstić information content (AvgIpc) is 2.40. The minimum absolute atomic E-state index is 0.0217. The van der Waals surface area contributed by atoms with Crippen molar-refractivity contribution in [3.8, 4) is 6.07 Å². The molecule has 0 spiro atoms. The summed E-state index contributed by atoms with van der Waals surface area (Å²) < 4.78 is 61.9. The third-order valence-electron chi connectivity index (χ3n) is 2.52. The van der Waals surface area contributed by atoms with Gasteiger partial charge in [0, 0.05) is 0 Å². The summed E-state index contributed by atoms with van der Waals surface area (Å²) in [5.74, 6) is -2.16. The van der Waals surface area contributed by atoms with Crippen LogP contribution in [0.1, 0.15) is 19.4 Å². The van der Waals surface area contributed by atoms with E-state index in [1.165, 1.54) is 19.9 Å². The molecule has 0 unspecified atom stereocenters. The lowest BCUT2D eigenvalue weighted by Gasteiger charge is -2.23. The molecule has 0 aromatic heterocycles. The molecule has 1 aromatic rings. The normalized spacial score (nSPS) is 11.9. The van der Waals surface area contributed by atoms with E-state index < -0.39 is 43.1 Å². The van der Waals surface area contributed by atoms with Crippen LogP contribution in [0.2, 0.25) is 0 Å². The zero-order valence-corrected chi connectivity index (χ0v) is 12.5. The van der Waals surface area contributed by atoms with Crippen molar-refractivity contribution in [2.24, 2.45) is 0 Å². The highest BCUT2D eigenvalue weighted by atomic mass is 32.3. The summed E-state index contributed by atoms with van der Waals surface area (Å²) in [7, 11) is -8.57. The molecule has 1 rings (SSSR count). The Balaban J connectivity index is 3.79. The van der Waals surface area contributed by atoms with Crippen LogP contribution in [0.15, 0.2) is 18.2 Å². The number of para-hydroxylation sites is 1. The van der Waals surface area contributed by atoms with Gasteiger partial charge in [0.05, 0.1) is 17.1 Å². The number of benzene rings is 1. The molecule has 0 aliphatic heterocycles. The minimum Gasteiger partial charge on any atom is -0.205 e. The van der Waals surface area contributed by atoms with Crippen molar-refractivity contribution in [2.75, 3.05) is 15.2 Å². The maximum atomic E-state index is 13.9. The fraction of sp³-hybridized carbons (Fsp3) is 0.364. The van der Waals surface area contributed by atoms with Gasteiger partial charge in [0.25, 0.3) is 0 Å². The van der Waals surface area contributed by atoms with Crippen LogP contribution < -0.4 is 3.71 Å². The molecule has 6 nitrogen and oxygen atoms in total. The number of hydrogen-bond acceptors (Lipinski definition) is 5. The summed E-state index contributed by atoms with van der Waals surface area (Å²) in [5, 5.41) is 8.94. The Kier molecular flexibility index (Phi) is 4.73. The Bertz CT molecular complexity index is 717. The van der Waals surface area contributed by atoms with Crippen LogP contribution in [0.5, 0.6) is 0 Å². The average molecular weight is 320 g/mol. The van der Waals surface area contributed by atoms with Gasteiger partial charge in [-0.1, -0.05) is 6.07 Å². The van der Waals surface area contributed by atoms with Gasteiger partial charge >= 0.3 is 0 Å². The molecular weight excluding hydrogens is 307 g/mol. The van der Waals surface area contributed by atoms with Gasteiger partial charge in [-0.05, 0) is 26.0 Å². The fourth-order valence-corrected chi connectivity index (χ4v) is 4.89. The van der Waals surface area contributed by atoms with Crippen molar-refractivity contribution >= 4 is 25.7 Å². The molecular formula is C11H13FN2O4S2. The van der Waals surface area contributed by atoms with Crippen molar-refractivity contribution in [3.63, 3.8) is 0 Å². The molecule has 0 aliphatic carbocycles. The number of hydrogen-bond donors (Lipinski definition) is 0. The molecule has 20 heavy (non-hydrogen) atoms. The van der Waals surface area contributed by atoms with Gasteiger partial charge in [-0.25, -0.2) is 21.2 Å². The van der Waals surface area contributed by atoms with Crippen molar-refractivity contribution in [2.45, 2.75) is 13.8 Å². The second-order valence-corrected chi connectivity index (χ2v) is 8.19. The first-order valence-electron chi connectivity index (χ1n) is 5.65. The standard InChI is InChI=1S/C11H13FN2O4S2/c1-3-19(15,16)14(20(17,18)4-2)11-9(8-13)6-5-7-10(11)12/h5-7H,3-4H2,1-2H3. The molecule has 0 aliphatic rings. The number of nitrogens with zero attached hydrogens (tertiary/aromatic N) is 2. The Labute approximate surface area is 117 Å². The van der Waals surface area contributed by atoms with Crippen LogP contribution >= 0.6 is 0 Å². The Morgan fingerprint density at radius 2 is 1.65 bits per heavy atom. The van der Waals surface area contributed by atoms with E-state index in [1.54, 1.807) is 6.07 Å². The summed E-state index contributed by atoms with van der Waals surface area (Å²) in [4.78, 5) is 0. The molecule has 0 bridgehead atoms. The Morgan fingerprint density at radius 1 is 1.15 bits per heavy atom. The van der Waals surface area contributed by atoms with Gasteiger partial charge in [0.2, 0.25) is 20.0 Å². The second kappa shape index (κ2) is 5.76. The third-order valence-corrected chi connectivity index (χ3v) is 6.72. The van der Waals surface area contributed by atoms with Crippen LogP contribution in [-0.2, 0) is 20.0 Å². The first-order chi connectivity index (χ1) is 9.21. The molecule has 0 N–H and O–H groups in total. The second-order valence-electron chi connectivity index (χ2n) is 3.75. The lowest BCUT2D eigenvalue weighted by molar-refractivity contribution is 0.580. The van der Waals surface area contributed by atoms with E-state index in [0.29, 0.717) is 0 Å². The topological polar surface area (TPSA) is 95.3 Å². The highest BCUT2D eigenvalue weighted by Crippen LogP contribution is 2.29. The van der Waals surface area contributed by atoms with Crippen molar-refractivity contribution < 1.29 is 21.2 Å². The van der Waals surface area contributed by atoms with Gasteiger partial charge < -0.3 is 0 Å². The fourth-order valence-electron chi connectivity index (χ4n) is 1.48. The predicted molar refractivity (Wildman–Crippen MR) is 72.5 cm³/mol. The summed E-state index contributed by atoms with van der Waals surface area (Å²) in [6.45, 7) is 2.47. The maximum absolute atomic E-state index is 13.9. The summed E-state index contributed by atoms with van der Waals surface area (Å²) in [5.41, 5.74) is -1.11. The van der Waals surface area contributed by atoms with E-state index in [2.05, 4.69) is 0 Å². The highest BCUT2D eigenvalue weighted by molar-refractivity contribution is 8.10. The number of sulfonamides is 2. The molecule has 0 saturated heterocycles. The molecule has 9 heteroatoms. The van der Waals surface area contributed by atoms with Crippen molar-refractivity contribution in [1.29, 1.82) is 5.26 Å². The molecule has 0 amide bonds. The highest BCUT2D eigenvalue weighted by Gasteiger charge is 2.35. The molecule has 0 fully saturated rings. The SMILES string of the molecule is CCS(=O)(=O)N(c1c(F)cccc1C#N)S(=O)(=O)CC. The molecule has 0 atom stereocenters. The van der Waals surface area contributed by atoms with Crippen molar-refractivity contribution in [1.82, 2.24) is 0 Å². The first-order valence-corrected chi connectivity index (χ1v) is 8.87. The van der Waals surface area contributed by atoms with E-state index >= 15 is 0 Å². The van der Waals surface area contributed by atoms with Gasteiger partial charge in [-0.2, -0.15) is 8.97 Å². The van der Waals surface area contributed by atoms with Crippen LogP contribution in [0.25, 0.3) is 0 Å². The zero-order valence-electron chi connectivity index (χ0n) is 10.9. The Hall–Kier alpha value is -1.66. The largest absolute Gasteiger partial charge is 0.248 e. The van der Waals surface area contributed by atoms with E-state index in [0.717, 1.165) is 12.1 Å². The summed E-state index contributed by atoms with van der Waals surface area (Å²) in [6, 6.07) is 4.86. The summed E-state index contributed by atoms with van der Waals surface area (Å²) >= 11 is 0. The van der Waals surface area contributed by atoms with Gasteiger partial charge in [-0.15, -0.1) is 0 Å². The van der Waals surface area contributed by atoms with Gasteiger partial charge in [0.1, 0.15) is 17.6 Å². The monoisotopic (exact) mass is 320 g/mol. The molecule has 0 radical (unpaired) electrons. The smallest absolute Gasteiger partial charge is 0.205 e. The van der Waals surface area contributed by atoms with Gasteiger partial charge in [-0.3, -0.25) is 0 Å². The third kappa shape index (κ3) is 2.91. The lowest BCUT2D eigenvalue weighted by Crippen LogP contribution is -2.40.